The Morgan fingerprint density at radius 3 is 2.30 bits per heavy atom. The molecule has 0 aliphatic carbocycles. The summed E-state index contributed by atoms with van der Waals surface area (Å²) in [7, 11) is 0. The molecule has 0 bridgehead atoms. The summed E-state index contributed by atoms with van der Waals surface area (Å²) in [5.41, 5.74) is 0.981. The van der Waals surface area contributed by atoms with Crippen molar-refractivity contribution in [1.29, 1.82) is 0 Å². The smallest absolute Gasteiger partial charge is 0.241 e. The van der Waals surface area contributed by atoms with Crippen molar-refractivity contribution >= 4 is 23.2 Å². The Morgan fingerprint density at radius 2 is 1.63 bits per heavy atom. The molecular formula is C21H24FN3O2. The van der Waals surface area contributed by atoms with Gasteiger partial charge in [0.1, 0.15) is 5.82 Å². The number of hydrogen-bond donors (Lipinski definition) is 2. The number of halogens is 1. The van der Waals surface area contributed by atoms with Crippen molar-refractivity contribution in [3.05, 3.63) is 60.4 Å². The fourth-order valence-corrected chi connectivity index (χ4v) is 3.28. The minimum atomic E-state index is -0.450. The molecule has 6 heteroatoms. The Hall–Kier alpha value is -2.73. The molecule has 1 aliphatic heterocycles. The second-order valence-corrected chi connectivity index (χ2v) is 6.81. The van der Waals surface area contributed by atoms with Crippen LogP contribution in [0.5, 0.6) is 0 Å². The molecule has 2 N–H and O–H groups in total. The maximum absolute atomic E-state index is 13.7. The lowest BCUT2D eigenvalue weighted by Gasteiger charge is -2.34. The van der Waals surface area contributed by atoms with Gasteiger partial charge in [-0.05, 0) is 57.1 Å². The van der Waals surface area contributed by atoms with Gasteiger partial charge in [0.2, 0.25) is 11.8 Å². The minimum absolute atomic E-state index is 0.0179. The van der Waals surface area contributed by atoms with Gasteiger partial charge >= 0.3 is 0 Å². The maximum Gasteiger partial charge on any atom is 0.241 e. The van der Waals surface area contributed by atoms with Crippen LogP contribution in [0.25, 0.3) is 0 Å². The van der Waals surface area contributed by atoms with E-state index in [-0.39, 0.29) is 29.5 Å². The summed E-state index contributed by atoms with van der Waals surface area (Å²) < 4.78 is 13.7. The lowest BCUT2D eigenvalue weighted by molar-refractivity contribution is -0.123. The van der Waals surface area contributed by atoms with Gasteiger partial charge in [-0.3, -0.25) is 14.5 Å². The summed E-state index contributed by atoms with van der Waals surface area (Å²) >= 11 is 0. The van der Waals surface area contributed by atoms with Crippen LogP contribution in [0.2, 0.25) is 0 Å². The topological polar surface area (TPSA) is 61.4 Å². The summed E-state index contributed by atoms with van der Waals surface area (Å²) in [6, 6.07) is 15.1. The van der Waals surface area contributed by atoms with Crippen LogP contribution in [0.15, 0.2) is 54.6 Å². The molecule has 2 amide bonds. The Morgan fingerprint density at radius 1 is 1.00 bits per heavy atom. The number of nitrogens with one attached hydrogen (secondary N) is 2. The van der Waals surface area contributed by atoms with E-state index in [1.807, 2.05) is 35.2 Å². The summed E-state index contributed by atoms with van der Waals surface area (Å²) in [6.45, 7) is 3.11. The number of rotatable bonds is 5. The van der Waals surface area contributed by atoms with E-state index in [9.17, 15) is 14.0 Å². The number of hydrogen-bond acceptors (Lipinski definition) is 3. The molecule has 1 saturated heterocycles. The molecule has 5 nitrogen and oxygen atoms in total. The van der Waals surface area contributed by atoms with Crippen LogP contribution in [0.1, 0.15) is 19.8 Å². The fraction of sp³-hybridized carbons (Fsp3) is 0.333. The van der Waals surface area contributed by atoms with Crippen LogP contribution >= 0.6 is 0 Å². The fourth-order valence-electron chi connectivity index (χ4n) is 3.28. The highest BCUT2D eigenvalue weighted by Crippen LogP contribution is 2.22. The first-order valence-electron chi connectivity index (χ1n) is 9.20. The van der Waals surface area contributed by atoms with Crippen LogP contribution in [-0.4, -0.2) is 35.8 Å². The second kappa shape index (κ2) is 8.77. The van der Waals surface area contributed by atoms with E-state index in [1.165, 1.54) is 6.07 Å². The molecule has 0 radical (unpaired) electrons. The zero-order chi connectivity index (χ0) is 19.2. The normalized spacial score (nSPS) is 16.5. The lowest BCUT2D eigenvalue weighted by Crippen LogP contribution is -2.47. The maximum atomic E-state index is 13.7. The third kappa shape index (κ3) is 4.92. The Kier molecular flexibility index (Phi) is 6.19. The minimum Gasteiger partial charge on any atom is -0.326 e. The summed E-state index contributed by atoms with van der Waals surface area (Å²) in [4.78, 5) is 26.9. The van der Waals surface area contributed by atoms with E-state index in [0.29, 0.717) is 25.9 Å². The van der Waals surface area contributed by atoms with Crippen molar-refractivity contribution in [1.82, 2.24) is 4.90 Å². The van der Waals surface area contributed by atoms with Gasteiger partial charge in [-0.1, -0.05) is 30.3 Å². The van der Waals surface area contributed by atoms with Gasteiger partial charge in [-0.25, -0.2) is 4.39 Å². The third-order valence-corrected chi connectivity index (χ3v) is 5.00. The van der Waals surface area contributed by atoms with Gasteiger partial charge in [-0.2, -0.15) is 0 Å². The Bertz CT molecular complexity index is 789. The molecule has 1 fully saturated rings. The SMILES string of the molecule is CC(C(=O)Nc1ccccc1F)N1CCC(C(=O)Nc2ccccc2)CC1. The van der Waals surface area contributed by atoms with Gasteiger partial charge in [0.05, 0.1) is 11.7 Å². The molecule has 27 heavy (non-hydrogen) atoms. The molecule has 1 unspecified atom stereocenters. The molecule has 0 aromatic heterocycles. The van der Waals surface area contributed by atoms with Crippen LogP contribution < -0.4 is 10.6 Å². The van der Waals surface area contributed by atoms with Crippen molar-refractivity contribution < 1.29 is 14.0 Å². The highest BCUT2D eigenvalue weighted by atomic mass is 19.1. The number of amides is 2. The predicted molar refractivity (Wildman–Crippen MR) is 104 cm³/mol. The van der Waals surface area contributed by atoms with E-state index >= 15 is 0 Å². The van der Waals surface area contributed by atoms with Crippen LogP contribution in [0.3, 0.4) is 0 Å². The standard InChI is InChI=1S/C21H24FN3O2/c1-15(20(26)24-19-10-6-5-9-18(19)22)25-13-11-16(12-14-25)21(27)23-17-7-3-2-4-8-17/h2-10,15-16H,11-14H2,1H3,(H,23,27)(H,24,26). The summed E-state index contributed by atoms with van der Waals surface area (Å²) in [5, 5.41) is 5.58. The van der Waals surface area contributed by atoms with Crippen molar-refractivity contribution in [2.24, 2.45) is 5.92 Å². The third-order valence-electron chi connectivity index (χ3n) is 5.00. The number of para-hydroxylation sites is 2. The number of carbonyl (C=O) groups excluding carboxylic acids is 2. The molecule has 1 atom stereocenters. The number of nitrogens with zero attached hydrogens (tertiary/aromatic N) is 1. The van der Waals surface area contributed by atoms with Crippen molar-refractivity contribution in [3.8, 4) is 0 Å². The number of carbonyl (C=O) groups is 2. The second-order valence-electron chi connectivity index (χ2n) is 6.81. The van der Waals surface area contributed by atoms with Crippen LogP contribution in [0.4, 0.5) is 15.8 Å². The highest BCUT2D eigenvalue weighted by molar-refractivity contribution is 5.95. The molecule has 2 aromatic rings. The molecule has 1 aliphatic rings. The van der Waals surface area contributed by atoms with Crippen LogP contribution in [-0.2, 0) is 9.59 Å². The molecule has 3 rings (SSSR count). The summed E-state index contributed by atoms with van der Waals surface area (Å²) in [5.74, 6) is -0.741. The zero-order valence-electron chi connectivity index (χ0n) is 15.3. The van der Waals surface area contributed by atoms with E-state index in [0.717, 1.165) is 5.69 Å². The quantitative estimate of drug-likeness (QED) is 0.848. The van der Waals surface area contributed by atoms with E-state index in [4.69, 9.17) is 0 Å². The molecular weight excluding hydrogens is 345 g/mol. The number of piperidine rings is 1. The van der Waals surface area contributed by atoms with Gasteiger partial charge < -0.3 is 10.6 Å². The van der Waals surface area contributed by atoms with Crippen molar-refractivity contribution in [3.63, 3.8) is 0 Å². The van der Waals surface area contributed by atoms with Gasteiger partial charge in [0, 0.05) is 11.6 Å². The molecule has 2 aromatic carbocycles. The molecule has 142 valence electrons. The Labute approximate surface area is 158 Å². The van der Waals surface area contributed by atoms with Crippen molar-refractivity contribution in [2.45, 2.75) is 25.8 Å². The number of anilines is 2. The predicted octanol–water partition coefficient (Wildman–Crippen LogP) is 3.50. The van der Waals surface area contributed by atoms with Gasteiger partial charge in [-0.15, -0.1) is 0 Å². The molecule has 0 spiro atoms. The first-order chi connectivity index (χ1) is 13.0. The highest BCUT2D eigenvalue weighted by Gasteiger charge is 2.30. The van der Waals surface area contributed by atoms with Crippen LogP contribution in [0, 0.1) is 11.7 Å². The molecule has 0 saturated carbocycles. The Balaban J connectivity index is 1.50. The molecule has 1 heterocycles. The number of likely N-dealkylation sites (tertiary alicyclic amines) is 1. The average molecular weight is 369 g/mol. The van der Waals surface area contributed by atoms with Gasteiger partial charge in [0.25, 0.3) is 0 Å². The number of benzene rings is 2. The van der Waals surface area contributed by atoms with Gasteiger partial charge in [0.15, 0.2) is 0 Å². The van der Waals surface area contributed by atoms with E-state index < -0.39 is 5.82 Å². The monoisotopic (exact) mass is 369 g/mol. The largest absolute Gasteiger partial charge is 0.326 e. The van der Waals surface area contributed by atoms with Crippen molar-refractivity contribution in [2.75, 3.05) is 23.7 Å². The van der Waals surface area contributed by atoms with E-state index in [1.54, 1.807) is 25.1 Å². The zero-order valence-corrected chi connectivity index (χ0v) is 15.3. The van der Waals surface area contributed by atoms with E-state index in [2.05, 4.69) is 10.6 Å². The first-order valence-corrected chi connectivity index (χ1v) is 9.20. The average Bonchev–Trinajstić information content (AvgIpc) is 2.70. The first kappa shape index (κ1) is 19.0. The lowest BCUT2D eigenvalue weighted by atomic mass is 9.94. The summed E-state index contributed by atoms with van der Waals surface area (Å²) in [6.07, 6.45) is 1.38.